The third kappa shape index (κ3) is 4.38. The van der Waals surface area contributed by atoms with Crippen molar-refractivity contribution >= 4 is 28.4 Å². The number of aliphatic imine (C=N–C) groups is 1. The number of aromatic amines is 1. The van der Waals surface area contributed by atoms with Crippen LogP contribution in [0.2, 0.25) is 5.02 Å². The summed E-state index contributed by atoms with van der Waals surface area (Å²) in [7, 11) is 0. The molecule has 0 saturated carbocycles. The van der Waals surface area contributed by atoms with Gasteiger partial charge in [0.05, 0.1) is 12.0 Å². The molecule has 4 nitrogen and oxygen atoms in total. The molecule has 0 saturated heterocycles. The summed E-state index contributed by atoms with van der Waals surface area (Å²) in [5.41, 5.74) is 1.03. The van der Waals surface area contributed by atoms with E-state index in [9.17, 15) is 17.6 Å². The van der Waals surface area contributed by atoms with Gasteiger partial charge in [-0.3, -0.25) is 0 Å². The van der Waals surface area contributed by atoms with Gasteiger partial charge in [0.15, 0.2) is 0 Å². The quantitative estimate of drug-likeness (QED) is 0.558. The van der Waals surface area contributed by atoms with Crippen molar-refractivity contribution in [3.8, 4) is 0 Å². The second-order valence-corrected chi connectivity index (χ2v) is 7.16. The van der Waals surface area contributed by atoms with E-state index >= 15 is 0 Å². The fourth-order valence-electron chi connectivity index (χ4n) is 3.22. The van der Waals surface area contributed by atoms with Gasteiger partial charge in [-0.05, 0) is 53.9 Å². The normalized spacial score (nSPS) is 15.0. The van der Waals surface area contributed by atoms with Crippen molar-refractivity contribution in [1.29, 1.82) is 0 Å². The lowest BCUT2D eigenvalue weighted by atomic mass is 10.1. The number of hydrogen-bond donors (Lipinski definition) is 1. The molecule has 0 unspecified atom stereocenters. The van der Waals surface area contributed by atoms with Crippen molar-refractivity contribution in [2.24, 2.45) is 4.99 Å². The van der Waals surface area contributed by atoms with E-state index in [1.54, 1.807) is 11.1 Å². The molecule has 2 heterocycles. The molecule has 9 heteroatoms. The number of hydrogen-bond acceptors (Lipinski definition) is 3. The highest BCUT2D eigenvalue weighted by Crippen LogP contribution is 2.30. The molecule has 1 N–H and O–H groups in total. The maximum absolute atomic E-state index is 13.9. The molecule has 1 aliphatic rings. The van der Waals surface area contributed by atoms with Gasteiger partial charge >= 0.3 is 6.18 Å². The van der Waals surface area contributed by atoms with E-state index in [1.165, 1.54) is 0 Å². The molecule has 1 aliphatic heterocycles. The Bertz CT molecular complexity index is 1080. The van der Waals surface area contributed by atoms with E-state index in [4.69, 9.17) is 16.4 Å². The van der Waals surface area contributed by atoms with Crippen LogP contribution in [0.3, 0.4) is 0 Å². The molecule has 3 aromatic rings. The minimum atomic E-state index is -4.53. The van der Waals surface area contributed by atoms with Gasteiger partial charge in [-0.1, -0.05) is 11.6 Å². The number of hydroxylamine groups is 2. The number of fused-ring (bicyclic) bond motifs is 1. The molecule has 29 heavy (non-hydrogen) atoms. The Labute approximate surface area is 168 Å². The maximum atomic E-state index is 13.9. The van der Waals surface area contributed by atoms with Gasteiger partial charge in [0.25, 0.3) is 0 Å². The second-order valence-electron chi connectivity index (χ2n) is 6.72. The van der Waals surface area contributed by atoms with Crippen molar-refractivity contribution in [1.82, 2.24) is 10.0 Å². The summed E-state index contributed by atoms with van der Waals surface area (Å²) in [4.78, 5) is 12.9. The van der Waals surface area contributed by atoms with Crippen LogP contribution in [-0.2, 0) is 23.9 Å². The first-order valence-electron chi connectivity index (χ1n) is 8.87. The summed E-state index contributed by atoms with van der Waals surface area (Å²) in [6, 6.07) is 7.91. The van der Waals surface area contributed by atoms with Gasteiger partial charge < -0.3 is 9.82 Å². The molecule has 2 aromatic carbocycles. The predicted octanol–water partition coefficient (Wildman–Crippen LogP) is 5.37. The van der Waals surface area contributed by atoms with E-state index in [0.29, 0.717) is 18.0 Å². The molecular weight excluding hydrogens is 410 g/mol. The standard InChI is InChI=1S/C20H16ClF4N3O/c21-15-2-4-18-16(9-15)12(10-26-18)5-6-28-11-27-19(29-28)8-13-7-14(20(23,24)25)1-3-17(13)22/h1-4,7,9-10,26H,5-6,8,11H2. The molecule has 0 bridgehead atoms. The number of halogens is 5. The molecule has 0 atom stereocenters. The van der Waals surface area contributed by atoms with Crippen LogP contribution in [0.25, 0.3) is 10.9 Å². The average Bonchev–Trinajstić information content (AvgIpc) is 3.27. The van der Waals surface area contributed by atoms with Crippen molar-refractivity contribution < 1.29 is 22.4 Å². The number of alkyl halides is 3. The zero-order valence-corrected chi connectivity index (χ0v) is 15.8. The Morgan fingerprint density at radius 3 is 2.76 bits per heavy atom. The molecule has 0 amide bonds. The highest BCUT2D eigenvalue weighted by molar-refractivity contribution is 6.31. The van der Waals surface area contributed by atoms with Gasteiger partial charge in [-0.25, -0.2) is 9.38 Å². The largest absolute Gasteiger partial charge is 0.416 e. The average molecular weight is 426 g/mol. The van der Waals surface area contributed by atoms with Crippen molar-refractivity contribution in [2.45, 2.75) is 19.0 Å². The Kier molecular flexibility index (Phi) is 5.23. The Morgan fingerprint density at radius 2 is 1.97 bits per heavy atom. The van der Waals surface area contributed by atoms with Gasteiger partial charge in [0.1, 0.15) is 12.5 Å². The van der Waals surface area contributed by atoms with Crippen LogP contribution in [0.5, 0.6) is 0 Å². The lowest BCUT2D eigenvalue weighted by Gasteiger charge is -2.14. The van der Waals surface area contributed by atoms with Gasteiger partial charge in [-0.2, -0.15) is 13.2 Å². The summed E-state index contributed by atoms with van der Waals surface area (Å²) in [5.74, 6) is -0.538. The van der Waals surface area contributed by atoms with E-state index in [0.717, 1.165) is 34.7 Å². The summed E-state index contributed by atoms with van der Waals surface area (Å²) in [5, 5.41) is 3.25. The predicted molar refractivity (Wildman–Crippen MR) is 102 cm³/mol. The molecule has 0 fully saturated rings. The topological polar surface area (TPSA) is 40.6 Å². The second kappa shape index (κ2) is 7.68. The molecule has 0 radical (unpaired) electrons. The minimum Gasteiger partial charge on any atom is -0.388 e. The maximum Gasteiger partial charge on any atom is 0.416 e. The number of nitrogens with zero attached hydrogens (tertiary/aromatic N) is 2. The highest BCUT2D eigenvalue weighted by atomic mass is 35.5. The fraction of sp³-hybridized carbons (Fsp3) is 0.250. The third-order valence-electron chi connectivity index (χ3n) is 4.71. The number of benzene rings is 2. The smallest absolute Gasteiger partial charge is 0.388 e. The zero-order chi connectivity index (χ0) is 20.6. The molecule has 152 valence electrons. The lowest BCUT2D eigenvalue weighted by molar-refractivity contribution is -0.137. The minimum absolute atomic E-state index is 0.105. The van der Waals surface area contributed by atoms with Crippen LogP contribution >= 0.6 is 11.6 Å². The first-order chi connectivity index (χ1) is 13.8. The van der Waals surface area contributed by atoms with Crippen LogP contribution in [0.1, 0.15) is 16.7 Å². The number of nitrogens with one attached hydrogen (secondary N) is 1. The summed E-state index contributed by atoms with van der Waals surface area (Å²) in [6.45, 7) is 0.747. The summed E-state index contributed by atoms with van der Waals surface area (Å²) >= 11 is 6.05. The van der Waals surface area contributed by atoms with Crippen LogP contribution in [-0.4, -0.2) is 29.2 Å². The monoisotopic (exact) mass is 425 g/mol. The molecule has 4 rings (SSSR count). The van der Waals surface area contributed by atoms with Crippen LogP contribution in [0.4, 0.5) is 17.6 Å². The SMILES string of the molecule is Fc1ccc(C(F)(F)F)cc1CC1=NCN(CCc2c[nH]c3ccc(Cl)cc23)O1. The Hall–Kier alpha value is -2.58. The van der Waals surface area contributed by atoms with Gasteiger partial charge in [-0.15, -0.1) is 5.06 Å². The van der Waals surface area contributed by atoms with E-state index < -0.39 is 17.6 Å². The number of H-pyrrole nitrogens is 1. The molecular formula is C20H16ClF4N3O. The fourth-order valence-corrected chi connectivity index (χ4v) is 3.39. The van der Waals surface area contributed by atoms with Crippen LogP contribution < -0.4 is 0 Å². The van der Waals surface area contributed by atoms with Gasteiger partial charge in [0, 0.05) is 28.7 Å². The van der Waals surface area contributed by atoms with Crippen LogP contribution in [0, 0.1) is 5.82 Å². The summed E-state index contributed by atoms with van der Waals surface area (Å²) in [6.07, 6.45) is -2.12. The van der Waals surface area contributed by atoms with E-state index in [2.05, 4.69) is 9.98 Å². The first-order valence-corrected chi connectivity index (χ1v) is 9.25. The van der Waals surface area contributed by atoms with Crippen molar-refractivity contribution in [3.05, 3.63) is 70.1 Å². The van der Waals surface area contributed by atoms with Gasteiger partial charge in [0.2, 0.25) is 5.90 Å². The molecule has 0 spiro atoms. The zero-order valence-electron chi connectivity index (χ0n) is 15.1. The Morgan fingerprint density at radius 1 is 1.14 bits per heavy atom. The number of rotatable bonds is 5. The number of aromatic nitrogens is 1. The Balaban J connectivity index is 1.37. The first kappa shape index (κ1) is 19.7. The van der Waals surface area contributed by atoms with E-state index in [1.807, 2.05) is 18.3 Å². The summed E-state index contributed by atoms with van der Waals surface area (Å²) < 4.78 is 52.4. The van der Waals surface area contributed by atoms with Crippen LogP contribution in [0.15, 0.2) is 47.6 Å². The van der Waals surface area contributed by atoms with Crippen molar-refractivity contribution in [3.63, 3.8) is 0 Å². The van der Waals surface area contributed by atoms with E-state index in [-0.39, 0.29) is 24.6 Å². The van der Waals surface area contributed by atoms with Crippen molar-refractivity contribution in [2.75, 3.05) is 13.2 Å². The molecule has 1 aromatic heterocycles. The third-order valence-corrected chi connectivity index (χ3v) is 4.95. The molecule has 0 aliphatic carbocycles. The highest BCUT2D eigenvalue weighted by Gasteiger charge is 2.31. The lowest BCUT2D eigenvalue weighted by Crippen LogP contribution is -2.24.